The summed E-state index contributed by atoms with van der Waals surface area (Å²) in [5.41, 5.74) is 4.79. The maximum absolute atomic E-state index is 11.2. The minimum absolute atomic E-state index is 0.370. The van der Waals surface area contributed by atoms with Crippen LogP contribution in [0.4, 0.5) is 0 Å². The van der Waals surface area contributed by atoms with E-state index in [4.69, 9.17) is 5.73 Å². The SMILES string of the molecule is C=C(C(N)=O)S(=O)(=O)NCC1CC1. The summed E-state index contributed by atoms with van der Waals surface area (Å²) in [6, 6.07) is 0. The first-order valence-electron chi connectivity index (χ1n) is 3.92. The van der Waals surface area contributed by atoms with E-state index in [0.717, 1.165) is 12.8 Å². The molecule has 0 saturated heterocycles. The van der Waals surface area contributed by atoms with Gasteiger partial charge in [-0.2, -0.15) is 0 Å². The zero-order chi connectivity index (χ0) is 10.1. The Hall–Kier alpha value is -0.880. The second kappa shape index (κ2) is 3.47. The second-order valence-electron chi connectivity index (χ2n) is 3.08. The molecule has 6 heteroatoms. The average Bonchev–Trinajstić information content (AvgIpc) is 2.82. The Morgan fingerprint density at radius 1 is 1.54 bits per heavy atom. The molecule has 1 rings (SSSR count). The Kier molecular flexibility index (Phi) is 2.72. The van der Waals surface area contributed by atoms with Crippen LogP contribution in [0.5, 0.6) is 0 Å². The van der Waals surface area contributed by atoms with Gasteiger partial charge in [0.2, 0.25) is 10.0 Å². The van der Waals surface area contributed by atoms with Crippen LogP contribution in [0.2, 0.25) is 0 Å². The fraction of sp³-hybridized carbons (Fsp3) is 0.571. The van der Waals surface area contributed by atoms with Crippen molar-refractivity contribution in [3.63, 3.8) is 0 Å². The zero-order valence-corrected chi connectivity index (χ0v) is 7.93. The lowest BCUT2D eigenvalue weighted by Crippen LogP contribution is -2.32. The van der Waals surface area contributed by atoms with Gasteiger partial charge in [0.15, 0.2) is 0 Å². The number of hydrogen-bond donors (Lipinski definition) is 2. The summed E-state index contributed by atoms with van der Waals surface area (Å²) in [7, 11) is -3.73. The van der Waals surface area contributed by atoms with Crippen molar-refractivity contribution in [3.05, 3.63) is 11.5 Å². The molecular weight excluding hydrogens is 192 g/mol. The molecule has 74 valence electrons. The van der Waals surface area contributed by atoms with Gasteiger partial charge >= 0.3 is 0 Å². The van der Waals surface area contributed by atoms with Crippen molar-refractivity contribution in [1.82, 2.24) is 4.72 Å². The molecule has 0 spiro atoms. The number of nitrogens with two attached hydrogens (primary N) is 1. The van der Waals surface area contributed by atoms with E-state index in [1.54, 1.807) is 0 Å². The van der Waals surface area contributed by atoms with E-state index in [1.165, 1.54) is 0 Å². The monoisotopic (exact) mass is 204 g/mol. The Morgan fingerprint density at radius 2 is 2.08 bits per heavy atom. The molecule has 1 aliphatic carbocycles. The highest BCUT2D eigenvalue weighted by Crippen LogP contribution is 2.27. The lowest BCUT2D eigenvalue weighted by atomic mass is 10.4. The van der Waals surface area contributed by atoms with Gasteiger partial charge in [0.1, 0.15) is 4.91 Å². The molecule has 1 fully saturated rings. The van der Waals surface area contributed by atoms with Crippen LogP contribution >= 0.6 is 0 Å². The highest BCUT2D eigenvalue weighted by Gasteiger charge is 2.26. The van der Waals surface area contributed by atoms with Gasteiger partial charge < -0.3 is 5.73 Å². The molecule has 0 radical (unpaired) electrons. The number of nitrogens with one attached hydrogen (secondary N) is 1. The molecule has 0 aromatic heterocycles. The van der Waals surface area contributed by atoms with Crippen LogP contribution in [0, 0.1) is 5.92 Å². The van der Waals surface area contributed by atoms with Gasteiger partial charge in [0.05, 0.1) is 0 Å². The van der Waals surface area contributed by atoms with Crippen molar-refractivity contribution in [1.29, 1.82) is 0 Å². The quantitative estimate of drug-likeness (QED) is 0.581. The van der Waals surface area contributed by atoms with Crippen LogP contribution in [0.1, 0.15) is 12.8 Å². The predicted molar refractivity (Wildman–Crippen MR) is 48.0 cm³/mol. The summed E-state index contributed by atoms with van der Waals surface area (Å²) in [4.78, 5) is 9.93. The lowest BCUT2D eigenvalue weighted by molar-refractivity contribution is -0.113. The molecule has 13 heavy (non-hydrogen) atoms. The summed E-state index contributed by atoms with van der Waals surface area (Å²) in [6.07, 6.45) is 2.07. The summed E-state index contributed by atoms with van der Waals surface area (Å²) in [5.74, 6) is -0.598. The maximum Gasteiger partial charge on any atom is 0.261 e. The van der Waals surface area contributed by atoms with E-state index in [1.807, 2.05) is 0 Å². The third-order valence-corrected chi connectivity index (χ3v) is 3.25. The molecule has 0 atom stereocenters. The van der Waals surface area contributed by atoms with Gasteiger partial charge in [-0.3, -0.25) is 4.79 Å². The van der Waals surface area contributed by atoms with Crippen LogP contribution in [0.3, 0.4) is 0 Å². The van der Waals surface area contributed by atoms with Gasteiger partial charge in [-0.25, -0.2) is 13.1 Å². The van der Waals surface area contributed by atoms with Crippen LogP contribution in [-0.4, -0.2) is 20.9 Å². The molecule has 0 aliphatic heterocycles. The third-order valence-electron chi connectivity index (χ3n) is 1.86. The minimum Gasteiger partial charge on any atom is -0.365 e. The number of carbonyl (C=O) groups is 1. The number of rotatable bonds is 5. The molecule has 5 nitrogen and oxygen atoms in total. The summed E-state index contributed by atoms with van der Waals surface area (Å²) in [5, 5.41) is 0. The fourth-order valence-corrected chi connectivity index (χ4v) is 1.66. The summed E-state index contributed by atoms with van der Waals surface area (Å²) < 4.78 is 24.7. The van der Waals surface area contributed by atoms with Gasteiger partial charge in [-0.05, 0) is 18.8 Å². The van der Waals surface area contributed by atoms with Gasteiger partial charge in [0.25, 0.3) is 5.91 Å². The molecule has 0 aromatic rings. The highest BCUT2D eigenvalue weighted by molar-refractivity contribution is 7.94. The third kappa shape index (κ3) is 2.82. The smallest absolute Gasteiger partial charge is 0.261 e. The average molecular weight is 204 g/mol. The van der Waals surface area contributed by atoms with E-state index < -0.39 is 20.8 Å². The largest absolute Gasteiger partial charge is 0.365 e. The van der Waals surface area contributed by atoms with Crippen LogP contribution < -0.4 is 10.5 Å². The summed E-state index contributed by atoms with van der Waals surface area (Å²) in [6.45, 7) is 3.47. The Morgan fingerprint density at radius 3 is 2.46 bits per heavy atom. The topological polar surface area (TPSA) is 89.3 Å². The zero-order valence-electron chi connectivity index (χ0n) is 7.12. The molecule has 0 aromatic carbocycles. The van der Waals surface area contributed by atoms with Crippen LogP contribution in [0.15, 0.2) is 11.5 Å². The molecule has 3 N–H and O–H groups in total. The standard InChI is InChI=1S/C7H12N2O3S/c1-5(7(8)10)13(11,12)9-4-6-2-3-6/h6,9H,1-4H2,(H2,8,10). The number of primary amides is 1. The van der Waals surface area contributed by atoms with Crippen molar-refractivity contribution >= 4 is 15.9 Å². The fourth-order valence-electron chi connectivity index (χ4n) is 0.769. The van der Waals surface area contributed by atoms with E-state index in [-0.39, 0.29) is 0 Å². The van der Waals surface area contributed by atoms with Crippen molar-refractivity contribution < 1.29 is 13.2 Å². The van der Waals surface area contributed by atoms with Crippen LogP contribution in [0.25, 0.3) is 0 Å². The van der Waals surface area contributed by atoms with Crippen molar-refractivity contribution in [2.24, 2.45) is 11.7 Å². The maximum atomic E-state index is 11.2. The lowest BCUT2D eigenvalue weighted by Gasteiger charge is -2.04. The molecular formula is C7H12N2O3S. The van der Waals surface area contributed by atoms with Crippen molar-refractivity contribution in [2.45, 2.75) is 12.8 Å². The Balaban J connectivity index is 2.53. The van der Waals surface area contributed by atoms with Gasteiger partial charge in [0, 0.05) is 6.54 Å². The van der Waals surface area contributed by atoms with Crippen LogP contribution in [-0.2, 0) is 14.8 Å². The first-order valence-corrected chi connectivity index (χ1v) is 5.40. The normalized spacial score (nSPS) is 16.9. The molecule has 1 amide bonds. The molecule has 1 saturated carbocycles. The van der Waals surface area contributed by atoms with E-state index in [0.29, 0.717) is 12.5 Å². The Labute approximate surface area is 77.0 Å². The van der Waals surface area contributed by atoms with E-state index in [9.17, 15) is 13.2 Å². The molecule has 0 bridgehead atoms. The van der Waals surface area contributed by atoms with Crippen molar-refractivity contribution in [3.8, 4) is 0 Å². The first kappa shape index (κ1) is 10.2. The van der Waals surface area contributed by atoms with Crippen molar-refractivity contribution in [2.75, 3.05) is 6.54 Å². The molecule has 0 unspecified atom stereocenters. The number of sulfonamides is 1. The molecule has 1 aliphatic rings. The highest BCUT2D eigenvalue weighted by atomic mass is 32.2. The van der Waals surface area contributed by atoms with Gasteiger partial charge in [-0.1, -0.05) is 6.58 Å². The number of hydrogen-bond acceptors (Lipinski definition) is 3. The van der Waals surface area contributed by atoms with E-state index >= 15 is 0 Å². The molecule has 0 heterocycles. The van der Waals surface area contributed by atoms with Gasteiger partial charge in [-0.15, -0.1) is 0 Å². The number of amides is 1. The minimum atomic E-state index is -3.73. The Bertz CT molecular complexity index is 330. The first-order chi connectivity index (χ1) is 5.93. The second-order valence-corrected chi connectivity index (χ2v) is 4.87. The number of carbonyl (C=O) groups excluding carboxylic acids is 1. The summed E-state index contributed by atoms with van der Waals surface area (Å²) >= 11 is 0. The predicted octanol–water partition coefficient (Wildman–Crippen LogP) is -0.685. The van der Waals surface area contributed by atoms with E-state index in [2.05, 4.69) is 11.3 Å².